The monoisotopic (exact) mass is 461 g/mol. The summed E-state index contributed by atoms with van der Waals surface area (Å²) < 4.78 is 5.55. The van der Waals surface area contributed by atoms with Crippen molar-refractivity contribution in [2.45, 2.75) is 33.2 Å². The van der Waals surface area contributed by atoms with E-state index in [1.165, 1.54) is 9.78 Å². The fourth-order valence-corrected chi connectivity index (χ4v) is 4.94. The number of hydrogen-bond donors (Lipinski definition) is 1. The summed E-state index contributed by atoms with van der Waals surface area (Å²) in [5.41, 5.74) is 3.53. The number of aliphatic hydroxyl groups excluding tert-OH is 1. The van der Waals surface area contributed by atoms with Gasteiger partial charge >= 0.3 is 0 Å². The Morgan fingerprint density at radius 3 is 2.42 bits per heavy atom. The number of aryl methyl sites for hydroxylation is 1. The summed E-state index contributed by atoms with van der Waals surface area (Å²) >= 11 is 1.68. The standard InChI is InChI=1S/C27H27NO4S/c1-16(2)13-22(29)24-25(21-7-5-6-8-23(21)32-4)28(27(31)26(24)30)20-11-9-18(10-12-20)19-14-17(3)33-15-19/h5-12,14-16,25,30H,13H2,1-4H3. The summed E-state index contributed by atoms with van der Waals surface area (Å²) in [6.07, 6.45) is 0.239. The molecule has 1 atom stereocenters. The average molecular weight is 462 g/mol. The molecule has 2 aromatic carbocycles. The highest BCUT2D eigenvalue weighted by Gasteiger charge is 2.45. The molecule has 33 heavy (non-hydrogen) atoms. The average Bonchev–Trinajstić information content (AvgIpc) is 3.34. The number of ketones is 1. The van der Waals surface area contributed by atoms with Gasteiger partial charge in [0.25, 0.3) is 5.91 Å². The lowest BCUT2D eigenvalue weighted by molar-refractivity contribution is -0.118. The fourth-order valence-electron chi connectivity index (χ4n) is 4.23. The molecule has 1 amide bonds. The molecule has 5 nitrogen and oxygen atoms in total. The number of hydrogen-bond acceptors (Lipinski definition) is 5. The first-order valence-corrected chi connectivity index (χ1v) is 11.8. The molecule has 1 aliphatic heterocycles. The molecule has 1 aromatic heterocycles. The first-order valence-electron chi connectivity index (χ1n) is 10.9. The largest absolute Gasteiger partial charge is 0.503 e. The molecule has 0 saturated carbocycles. The minimum atomic E-state index is -0.769. The van der Waals surface area contributed by atoms with E-state index in [1.54, 1.807) is 24.5 Å². The van der Waals surface area contributed by atoms with Gasteiger partial charge in [-0.05, 0) is 53.6 Å². The van der Waals surface area contributed by atoms with Crippen molar-refractivity contribution < 1.29 is 19.4 Å². The fraction of sp³-hybridized carbons (Fsp3) is 0.259. The molecular weight excluding hydrogens is 434 g/mol. The SMILES string of the molecule is COc1ccccc1C1C(C(=O)CC(C)C)=C(O)C(=O)N1c1ccc(-c2csc(C)c2)cc1. The second-order valence-corrected chi connectivity index (χ2v) is 9.71. The number of para-hydroxylation sites is 1. The third kappa shape index (κ3) is 4.31. The summed E-state index contributed by atoms with van der Waals surface area (Å²) in [5, 5.41) is 12.9. The molecule has 0 fully saturated rings. The van der Waals surface area contributed by atoms with Crippen LogP contribution in [0.25, 0.3) is 11.1 Å². The van der Waals surface area contributed by atoms with E-state index < -0.39 is 17.7 Å². The van der Waals surface area contributed by atoms with Gasteiger partial charge < -0.3 is 9.84 Å². The van der Waals surface area contributed by atoms with Gasteiger partial charge in [-0.2, -0.15) is 0 Å². The Morgan fingerprint density at radius 1 is 1.12 bits per heavy atom. The van der Waals surface area contributed by atoms with E-state index in [9.17, 15) is 14.7 Å². The molecule has 1 unspecified atom stereocenters. The molecule has 0 spiro atoms. The second-order valence-electron chi connectivity index (χ2n) is 8.60. The number of carbonyl (C=O) groups is 2. The van der Waals surface area contributed by atoms with Gasteiger partial charge in [0.1, 0.15) is 5.75 Å². The maximum atomic E-state index is 13.3. The van der Waals surface area contributed by atoms with Crippen LogP contribution in [0.5, 0.6) is 5.75 Å². The summed E-state index contributed by atoms with van der Waals surface area (Å²) in [6, 6.07) is 16.2. The number of rotatable bonds is 7. The molecule has 3 aromatic rings. The van der Waals surface area contributed by atoms with Crippen molar-refractivity contribution in [1.29, 1.82) is 0 Å². The van der Waals surface area contributed by atoms with Crippen LogP contribution in [-0.2, 0) is 9.59 Å². The van der Waals surface area contributed by atoms with E-state index in [0.29, 0.717) is 17.0 Å². The molecule has 0 saturated heterocycles. The number of benzene rings is 2. The van der Waals surface area contributed by atoms with Crippen LogP contribution >= 0.6 is 11.3 Å². The van der Waals surface area contributed by atoms with Crippen LogP contribution < -0.4 is 9.64 Å². The van der Waals surface area contributed by atoms with Gasteiger partial charge in [-0.1, -0.05) is 44.2 Å². The Bertz CT molecular complexity index is 1220. The zero-order valence-electron chi connectivity index (χ0n) is 19.2. The molecule has 0 bridgehead atoms. The molecule has 1 aliphatic rings. The minimum Gasteiger partial charge on any atom is -0.503 e. The summed E-state index contributed by atoms with van der Waals surface area (Å²) in [5.74, 6) is -0.672. The lowest BCUT2D eigenvalue weighted by atomic mass is 9.91. The van der Waals surface area contributed by atoms with E-state index in [2.05, 4.69) is 18.4 Å². The maximum absolute atomic E-state index is 13.3. The third-order valence-electron chi connectivity index (χ3n) is 5.75. The van der Waals surface area contributed by atoms with Crippen LogP contribution in [0.3, 0.4) is 0 Å². The smallest absolute Gasteiger partial charge is 0.294 e. The highest BCUT2D eigenvalue weighted by atomic mass is 32.1. The van der Waals surface area contributed by atoms with Gasteiger partial charge in [0.15, 0.2) is 11.5 Å². The number of amides is 1. The van der Waals surface area contributed by atoms with Crippen LogP contribution in [0.2, 0.25) is 0 Å². The van der Waals surface area contributed by atoms with Crippen LogP contribution in [-0.4, -0.2) is 23.9 Å². The number of ether oxygens (including phenoxy) is 1. The van der Waals surface area contributed by atoms with Crippen molar-refractivity contribution in [3.8, 4) is 16.9 Å². The Kier molecular flexibility index (Phi) is 6.38. The number of anilines is 1. The molecule has 2 heterocycles. The maximum Gasteiger partial charge on any atom is 0.294 e. The number of Topliss-reactive ketones (excluding diaryl/α,β-unsaturated/α-hetero) is 1. The van der Waals surface area contributed by atoms with Gasteiger partial charge in [-0.25, -0.2) is 0 Å². The Morgan fingerprint density at radius 2 is 1.82 bits per heavy atom. The van der Waals surface area contributed by atoms with Crippen molar-refractivity contribution >= 4 is 28.7 Å². The predicted molar refractivity (Wildman–Crippen MR) is 132 cm³/mol. The van der Waals surface area contributed by atoms with Crippen LogP contribution in [0.1, 0.15) is 36.8 Å². The van der Waals surface area contributed by atoms with Crippen LogP contribution in [0, 0.1) is 12.8 Å². The summed E-state index contributed by atoms with van der Waals surface area (Å²) in [7, 11) is 1.55. The lowest BCUT2D eigenvalue weighted by Crippen LogP contribution is -2.31. The lowest BCUT2D eigenvalue weighted by Gasteiger charge is -2.28. The van der Waals surface area contributed by atoms with E-state index in [-0.39, 0.29) is 23.7 Å². The Balaban J connectivity index is 1.81. The van der Waals surface area contributed by atoms with Gasteiger partial charge in [0, 0.05) is 22.5 Å². The van der Waals surface area contributed by atoms with Crippen LogP contribution in [0.4, 0.5) is 5.69 Å². The normalized spacial score (nSPS) is 16.1. The highest BCUT2D eigenvalue weighted by molar-refractivity contribution is 7.10. The molecule has 1 N–H and O–H groups in total. The minimum absolute atomic E-state index is 0.0913. The highest BCUT2D eigenvalue weighted by Crippen LogP contribution is 2.44. The molecule has 0 aliphatic carbocycles. The quantitative estimate of drug-likeness (QED) is 0.452. The van der Waals surface area contributed by atoms with E-state index >= 15 is 0 Å². The molecule has 0 radical (unpaired) electrons. The van der Waals surface area contributed by atoms with Gasteiger partial charge in [0.05, 0.1) is 18.7 Å². The summed E-state index contributed by atoms with van der Waals surface area (Å²) in [4.78, 5) is 29.2. The zero-order chi connectivity index (χ0) is 23.7. The molecule has 6 heteroatoms. The molecule has 170 valence electrons. The van der Waals surface area contributed by atoms with E-state index in [4.69, 9.17) is 4.74 Å². The zero-order valence-corrected chi connectivity index (χ0v) is 20.0. The van der Waals surface area contributed by atoms with Crippen molar-refractivity contribution in [1.82, 2.24) is 0 Å². The number of nitrogens with zero attached hydrogens (tertiary/aromatic N) is 1. The number of thiophene rings is 1. The Labute approximate surface area is 197 Å². The third-order valence-corrected chi connectivity index (χ3v) is 6.61. The second kappa shape index (κ2) is 9.24. The van der Waals surface area contributed by atoms with Crippen molar-refractivity contribution in [2.24, 2.45) is 5.92 Å². The number of aliphatic hydroxyl groups is 1. The first kappa shape index (κ1) is 22.8. The predicted octanol–water partition coefficient (Wildman–Crippen LogP) is 6.25. The van der Waals surface area contributed by atoms with Crippen molar-refractivity contribution in [2.75, 3.05) is 12.0 Å². The van der Waals surface area contributed by atoms with Gasteiger partial charge in [0.2, 0.25) is 0 Å². The van der Waals surface area contributed by atoms with Crippen molar-refractivity contribution in [3.63, 3.8) is 0 Å². The topological polar surface area (TPSA) is 66.8 Å². The van der Waals surface area contributed by atoms with Crippen molar-refractivity contribution in [3.05, 3.63) is 81.8 Å². The Hall–Kier alpha value is -3.38. The van der Waals surface area contributed by atoms with Gasteiger partial charge in [-0.15, -0.1) is 11.3 Å². The van der Waals surface area contributed by atoms with E-state index in [0.717, 1.165) is 11.1 Å². The summed E-state index contributed by atoms with van der Waals surface area (Å²) in [6.45, 7) is 5.94. The number of carbonyl (C=O) groups excluding carboxylic acids is 2. The van der Waals surface area contributed by atoms with Crippen LogP contribution in [0.15, 0.2) is 71.3 Å². The van der Waals surface area contributed by atoms with E-state index in [1.807, 2.05) is 56.3 Å². The molecule has 4 rings (SSSR count). The van der Waals surface area contributed by atoms with Gasteiger partial charge in [-0.3, -0.25) is 14.5 Å². The number of methoxy groups -OCH3 is 1. The first-order chi connectivity index (χ1) is 15.8. The molecular formula is C27H27NO4S.